The molecule has 0 saturated carbocycles. The third-order valence-electron chi connectivity index (χ3n) is 1.82. The quantitative estimate of drug-likeness (QED) is 0.360. The van der Waals surface area contributed by atoms with Crippen molar-refractivity contribution < 1.29 is 22.8 Å². The maximum Gasteiger partial charge on any atom is 0.229 e. The molecule has 1 aliphatic rings. The van der Waals surface area contributed by atoms with Crippen molar-refractivity contribution in [1.82, 2.24) is 10.2 Å². The largest absolute Gasteiger partial charge is 0.359 e. The molecule has 3 amide bonds. The maximum atomic E-state index is 10.5. The second kappa shape index (κ2) is 23.5. The third-order valence-corrected chi connectivity index (χ3v) is 3.15. The third kappa shape index (κ3) is 58.6. The molecule has 0 atom stereocenters. The molecule has 1 aliphatic heterocycles. The summed E-state index contributed by atoms with van der Waals surface area (Å²) >= 11 is 0. The summed E-state index contributed by atoms with van der Waals surface area (Å²) in [5, 5.41) is 2.39. The fraction of sp³-hybridized carbons (Fsp3) is 0.750. The van der Waals surface area contributed by atoms with E-state index in [-0.39, 0.29) is 25.1 Å². The van der Waals surface area contributed by atoms with E-state index in [1.165, 1.54) is 18.9 Å². The second-order valence-electron chi connectivity index (χ2n) is 5.11. The summed E-state index contributed by atoms with van der Waals surface area (Å²) in [5.41, 5.74) is 0. The van der Waals surface area contributed by atoms with Crippen LogP contribution in [0, 0.1) is 0 Å². The van der Waals surface area contributed by atoms with E-state index in [4.69, 9.17) is 0 Å². The van der Waals surface area contributed by atoms with E-state index < -0.39 is 9.84 Å². The molecule has 11 heteroatoms. The van der Waals surface area contributed by atoms with Crippen molar-refractivity contribution in [2.45, 2.75) is 27.2 Å². The van der Waals surface area contributed by atoms with Crippen LogP contribution in [0.2, 0.25) is 0 Å². The van der Waals surface area contributed by atoms with Crippen molar-refractivity contribution in [3.8, 4) is 0 Å². The van der Waals surface area contributed by atoms with Gasteiger partial charge in [-0.15, -0.1) is 0 Å². The van der Waals surface area contributed by atoms with E-state index in [0.717, 1.165) is 12.5 Å². The summed E-state index contributed by atoms with van der Waals surface area (Å²) in [6.45, 7) is 1.47. The van der Waals surface area contributed by atoms with Crippen molar-refractivity contribution in [2.24, 2.45) is 0 Å². The molecule has 0 unspecified atom stereocenters. The first-order valence-corrected chi connectivity index (χ1v) is 14.7. The Labute approximate surface area is 177 Å². The van der Waals surface area contributed by atoms with Crippen molar-refractivity contribution in [1.29, 1.82) is 0 Å². The molecule has 166 valence electrons. The molecule has 7 nitrogen and oxygen atoms in total. The lowest BCUT2D eigenvalue weighted by molar-refractivity contribution is -0.136. The highest BCUT2D eigenvalue weighted by atomic mass is 33.1. The van der Waals surface area contributed by atoms with Crippen LogP contribution in [0.5, 0.6) is 0 Å². The predicted molar refractivity (Wildman–Crippen MR) is 128 cm³/mol. The van der Waals surface area contributed by atoms with Gasteiger partial charge in [-0.1, -0.05) is 34.9 Å². The summed E-state index contributed by atoms with van der Waals surface area (Å²) in [6.07, 6.45) is 11.4. The number of rotatable bonds is 1. The van der Waals surface area contributed by atoms with Gasteiger partial charge in [0.25, 0.3) is 0 Å². The second-order valence-corrected chi connectivity index (χ2v) is 12.0. The zero-order chi connectivity index (χ0) is 21.9. The molecule has 1 heterocycles. The van der Waals surface area contributed by atoms with Gasteiger partial charge in [0.2, 0.25) is 17.7 Å². The molecule has 0 aromatic rings. The Kier molecular flexibility index (Phi) is 32.5. The average Bonchev–Trinajstić information content (AvgIpc) is 2.77. The molecule has 0 aromatic carbocycles. The number of carbonyl (C=O) groups is 3. The fourth-order valence-corrected chi connectivity index (χ4v) is 0.688. The van der Waals surface area contributed by atoms with Crippen molar-refractivity contribution in [3.63, 3.8) is 0 Å². The Balaban J connectivity index is -0.0000000767. The Morgan fingerprint density at radius 1 is 1.11 bits per heavy atom. The van der Waals surface area contributed by atoms with Crippen LogP contribution >= 0.6 is 32.1 Å². The van der Waals surface area contributed by atoms with Gasteiger partial charge in [0.1, 0.15) is 9.84 Å². The van der Waals surface area contributed by atoms with Crippen LogP contribution in [0.1, 0.15) is 27.2 Å². The van der Waals surface area contributed by atoms with Crippen LogP contribution in [0.4, 0.5) is 0 Å². The highest BCUT2D eigenvalue weighted by molar-refractivity contribution is 8.76. The van der Waals surface area contributed by atoms with Crippen molar-refractivity contribution in [3.05, 3.63) is 0 Å². The first-order valence-electron chi connectivity index (χ1n) is 7.20. The molecule has 0 bridgehead atoms. The van der Waals surface area contributed by atoms with Gasteiger partial charge < -0.3 is 5.32 Å². The fourth-order valence-electron chi connectivity index (χ4n) is 0.688. The highest BCUT2D eigenvalue weighted by Crippen LogP contribution is 2.09. The van der Waals surface area contributed by atoms with Crippen molar-refractivity contribution >= 4 is 65.5 Å². The highest BCUT2D eigenvalue weighted by Gasteiger charge is 2.24. The van der Waals surface area contributed by atoms with Crippen LogP contribution in [-0.2, 0) is 24.2 Å². The number of carbonyl (C=O) groups excluding carboxylic acids is 3. The van der Waals surface area contributed by atoms with Crippen LogP contribution in [-0.4, -0.2) is 88.5 Å². The summed E-state index contributed by atoms with van der Waals surface area (Å²) < 4.78 is 19.3. The van der Waals surface area contributed by atoms with Gasteiger partial charge in [0.15, 0.2) is 0 Å². The number of imide groups is 1. The zero-order valence-corrected chi connectivity index (χ0v) is 20.5. The lowest BCUT2D eigenvalue weighted by Crippen LogP contribution is -2.23. The van der Waals surface area contributed by atoms with Crippen LogP contribution in [0.15, 0.2) is 0 Å². The molecule has 1 saturated heterocycles. The number of amides is 3. The average molecular weight is 467 g/mol. The number of nitrogens with one attached hydrogen (secondary N) is 1. The van der Waals surface area contributed by atoms with Gasteiger partial charge >= 0.3 is 0 Å². The topological polar surface area (TPSA) is 101 Å². The Morgan fingerprint density at radius 3 is 1.33 bits per heavy atom. The number of nitrogens with zero attached hydrogens (tertiary/aromatic N) is 1. The molecule has 27 heavy (non-hydrogen) atoms. The van der Waals surface area contributed by atoms with Gasteiger partial charge in [-0.2, -0.15) is 10.5 Å². The summed E-state index contributed by atoms with van der Waals surface area (Å²) in [5.74, 6) is 3.55. The molecule has 0 aliphatic carbocycles. The molecule has 0 spiro atoms. The molecule has 1 rings (SSSR count). The summed E-state index contributed by atoms with van der Waals surface area (Å²) in [4.78, 5) is 31.8. The van der Waals surface area contributed by atoms with Gasteiger partial charge in [0, 0.05) is 46.4 Å². The SMILES string of the molecule is C.C=S(C)C.CN1C(=O)CCC1=O.CNC(C)=O.CS(C)(=O)=O.CSSC. The van der Waals surface area contributed by atoms with Gasteiger partial charge in [0.05, 0.1) is 0 Å². The lowest BCUT2D eigenvalue weighted by Gasteiger charge is -2.01. The summed E-state index contributed by atoms with van der Waals surface area (Å²) in [7, 11) is 4.38. The van der Waals surface area contributed by atoms with E-state index in [2.05, 4.69) is 36.2 Å². The molecule has 1 N–H and O–H groups in total. The maximum absolute atomic E-state index is 10.5. The van der Waals surface area contributed by atoms with E-state index in [9.17, 15) is 22.8 Å². The molecule has 0 aromatic heterocycles. The van der Waals surface area contributed by atoms with Gasteiger partial charge in [-0.3, -0.25) is 19.3 Å². The standard InChI is InChI=1S/C5H7NO2.C3H7NO.C3H8S.C2H6O2S.C2H6S2.CH4/c1-6-4(7)2-3-5(6)8;1-3(5)4-2;1-4(2)3;1-5(2,3)4;1-3-4-2;/h2-3H2,1H3;1-2H3,(H,4,5);1H2,2-3H3;1-2H3;1-2H3;1H4. The van der Waals surface area contributed by atoms with Gasteiger partial charge in [-0.25, -0.2) is 8.42 Å². The molecular formula is C16H38N2O5S4. The Hall–Kier alpha value is -0.520. The predicted octanol–water partition coefficient (Wildman–Crippen LogP) is 2.39. The number of likely N-dealkylation sites (tertiary alicyclic amines) is 1. The minimum absolute atomic E-state index is 0. The normalized spacial score (nSPS) is 11.9. The van der Waals surface area contributed by atoms with E-state index in [1.807, 2.05) is 0 Å². The first-order chi connectivity index (χ1) is 11.6. The summed E-state index contributed by atoms with van der Waals surface area (Å²) in [6, 6.07) is 0. The molecular weight excluding hydrogens is 428 g/mol. The monoisotopic (exact) mass is 466 g/mol. The minimum atomic E-state index is -2.67. The Morgan fingerprint density at radius 2 is 1.30 bits per heavy atom. The molecule has 1 fully saturated rings. The van der Waals surface area contributed by atoms with Gasteiger partial charge in [-0.05, 0) is 25.0 Å². The van der Waals surface area contributed by atoms with E-state index in [1.54, 1.807) is 28.6 Å². The zero-order valence-electron chi connectivity index (χ0n) is 17.2. The van der Waals surface area contributed by atoms with Crippen LogP contribution < -0.4 is 5.32 Å². The number of sulfone groups is 1. The van der Waals surface area contributed by atoms with Crippen LogP contribution in [0.25, 0.3) is 0 Å². The van der Waals surface area contributed by atoms with Crippen molar-refractivity contribution in [2.75, 3.05) is 51.6 Å². The first kappa shape index (κ1) is 37.3. The van der Waals surface area contributed by atoms with E-state index in [0.29, 0.717) is 23.3 Å². The molecule has 0 radical (unpaired) electrons. The number of hydrogen-bond donors (Lipinski definition) is 1. The minimum Gasteiger partial charge on any atom is -0.359 e. The lowest BCUT2D eigenvalue weighted by atomic mass is 10.4. The Bertz CT molecular complexity index is 493. The van der Waals surface area contributed by atoms with E-state index >= 15 is 0 Å². The van der Waals surface area contributed by atoms with Crippen LogP contribution in [0.3, 0.4) is 0 Å². The number of hydrogen-bond acceptors (Lipinski definition) is 7. The smallest absolute Gasteiger partial charge is 0.229 e.